The number of amides is 1. The van der Waals surface area contributed by atoms with E-state index in [9.17, 15) is 22.8 Å². The zero-order valence-electron chi connectivity index (χ0n) is 15.3. The van der Waals surface area contributed by atoms with Gasteiger partial charge in [-0.05, 0) is 49.4 Å². The van der Waals surface area contributed by atoms with Crippen LogP contribution in [0.1, 0.15) is 21.6 Å². The third kappa shape index (κ3) is 3.61. The van der Waals surface area contributed by atoms with Gasteiger partial charge in [-0.25, -0.2) is 4.98 Å². The van der Waals surface area contributed by atoms with E-state index in [4.69, 9.17) is 16.0 Å². The number of benzene rings is 2. The summed E-state index contributed by atoms with van der Waals surface area (Å²) in [7, 11) is 0. The summed E-state index contributed by atoms with van der Waals surface area (Å²) in [4.78, 5) is 29.7. The Labute approximate surface area is 172 Å². The van der Waals surface area contributed by atoms with E-state index in [0.717, 1.165) is 12.1 Å². The van der Waals surface area contributed by atoms with Gasteiger partial charge in [0.15, 0.2) is 0 Å². The van der Waals surface area contributed by atoms with E-state index in [2.05, 4.69) is 10.3 Å². The van der Waals surface area contributed by atoms with Crippen molar-refractivity contribution in [3.63, 3.8) is 0 Å². The van der Waals surface area contributed by atoms with Crippen LogP contribution < -0.4 is 10.7 Å². The number of aryl methyl sites for hydroxylation is 1. The lowest BCUT2D eigenvalue weighted by atomic mass is 10.1. The van der Waals surface area contributed by atoms with E-state index >= 15 is 0 Å². The summed E-state index contributed by atoms with van der Waals surface area (Å²) in [5.41, 5.74) is -0.719. The molecule has 2 aromatic heterocycles. The molecule has 1 N–H and O–H groups in total. The maximum atomic E-state index is 12.9. The lowest BCUT2D eigenvalue weighted by Gasteiger charge is -2.11. The number of carbonyl (C=O) groups is 1. The van der Waals surface area contributed by atoms with Gasteiger partial charge in [-0.3, -0.25) is 9.59 Å². The Morgan fingerprint density at radius 1 is 1.10 bits per heavy atom. The van der Waals surface area contributed by atoms with Crippen molar-refractivity contribution >= 4 is 45.3 Å². The van der Waals surface area contributed by atoms with Gasteiger partial charge in [0.2, 0.25) is 11.1 Å². The molecule has 2 aromatic carbocycles. The molecule has 0 spiro atoms. The number of nitrogens with one attached hydrogen (secondary N) is 1. The van der Waals surface area contributed by atoms with Gasteiger partial charge < -0.3 is 9.73 Å². The van der Waals surface area contributed by atoms with Crippen LogP contribution in [-0.4, -0.2) is 10.9 Å². The molecule has 0 bridgehead atoms. The highest BCUT2D eigenvalue weighted by molar-refractivity contribution is 6.31. The molecular formula is C21H12ClF3N2O3. The number of rotatable bonds is 2. The van der Waals surface area contributed by atoms with Crippen molar-refractivity contribution < 1.29 is 22.4 Å². The molecule has 0 unspecified atom stereocenters. The zero-order valence-corrected chi connectivity index (χ0v) is 16.1. The molecule has 4 aromatic rings. The van der Waals surface area contributed by atoms with E-state index in [1.807, 2.05) is 0 Å². The van der Waals surface area contributed by atoms with Gasteiger partial charge >= 0.3 is 6.18 Å². The predicted molar refractivity (Wildman–Crippen MR) is 107 cm³/mol. The van der Waals surface area contributed by atoms with Crippen LogP contribution >= 0.6 is 11.6 Å². The monoisotopic (exact) mass is 432 g/mol. The Bertz CT molecular complexity index is 1380. The molecule has 0 saturated heterocycles. The predicted octanol–water partition coefficient (Wildman–Crippen LogP) is 5.57. The Morgan fingerprint density at radius 2 is 1.87 bits per heavy atom. The van der Waals surface area contributed by atoms with E-state index in [0.29, 0.717) is 10.6 Å². The molecule has 0 aliphatic heterocycles. The number of pyridine rings is 1. The third-order valence-corrected chi connectivity index (χ3v) is 4.74. The minimum atomic E-state index is -4.54. The number of fused-ring (bicyclic) bond motifs is 2. The number of anilines is 1. The number of alkyl halides is 3. The molecule has 30 heavy (non-hydrogen) atoms. The quantitative estimate of drug-likeness (QED) is 0.420. The molecule has 9 heteroatoms. The van der Waals surface area contributed by atoms with E-state index in [1.54, 1.807) is 12.1 Å². The summed E-state index contributed by atoms with van der Waals surface area (Å²) in [6.45, 7) is 1.53. The van der Waals surface area contributed by atoms with Crippen molar-refractivity contribution in [1.29, 1.82) is 0 Å². The Morgan fingerprint density at radius 3 is 2.60 bits per heavy atom. The first-order valence-electron chi connectivity index (χ1n) is 8.66. The first-order valence-corrected chi connectivity index (χ1v) is 9.03. The topological polar surface area (TPSA) is 72.2 Å². The normalized spacial score (nSPS) is 11.8. The van der Waals surface area contributed by atoms with Gasteiger partial charge in [-0.2, -0.15) is 13.2 Å². The molecule has 0 radical (unpaired) electrons. The minimum absolute atomic E-state index is 0.0355. The van der Waals surface area contributed by atoms with E-state index in [-0.39, 0.29) is 33.4 Å². The summed E-state index contributed by atoms with van der Waals surface area (Å²) in [5, 5.41) is 3.04. The molecule has 0 atom stereocenters. The third-order valence-electron chi connectivity index (χ3n) is 4.51. The van der Waals surface area contributed by atoms with Crippen LogP contribution in [0.4, 0.5) is 18.9 Å². The fourth-order valence-electron chi connectivity index (χ4n) is 3.04. The fraction of sp³-hybridized carbons (Fsp3) is 0.0952. The van der Waals surface area contributed by atoms with Gasteiger partial charge in [-0.1, -0.05) is 17.7 Å². The van der Waals surface area contributed by atoms with Crippen molar-refractivity contribution in [3.8, 4) is 0 Å². The first kappa shape index (κ1) is 19.9. The van der Waals surface area contributed by atoms with Crippen LogP contribution in [-0.2, 0) is 6.18 Å². The Balaban J connectivity index is 1.78. The lowest BCUT2D eigenvalue weighted by molar-refractivity contribution is -0.137. The number of halogens is 4. The SMILES string of the molecule is Cc1nc2oc3ccc(Cl)cc3c(=O)c2cc1C(=O)Nc1cccc(C(F)(F)F)c1. The molecular weight excluding hydrogens is 421 g/mol. The van der Waals surface area contributed by atoms with Gasteiger partial charge in [0.1, 0.15) is 5.58 Å². The first-order chi connectivity index (χ1) is 14.1. The van der Waals surface area contributed by atoms with Gasteiger partial charge in [0.25, 0.3) is 5.91 Å². The molecule has 0 saturated carbocycles. The van der Waals surface area contributed by atoms with E-state index in [1.165, 1.54) is 31.2 Å². The highest BCUT2D eigenvalue weighted by atomic mass is 35.5. The van der Waals surface area contributed by atoms with Crippen molar-refractivity contribution in [2.24, 2.45) is 0 Å². The maximum absolute atomic E-state index is 12.9. The summed E-state index contributed by atoms with van der Waals surface area (Å²) in [5.74, 6) is -0.702. The van der Waals surface area contributed by atoms with Crippen molar-refractivity contribution in [1.82, 2.24) is 4.98 Å². The minimum Gasteiger partial charge on any atom is -0.437 e. The number of aromatic nitrogens is 1. The average molecular weight is 433 g/mol. The van der Waals surface area contributed by atoms with Gasteiger partial charge in [0.05, 0.1) is 27.6 Å². The molecule has 0 fully saturated rings. The molecule has 5 nitrogen and oxygen atoms in total. The Kier molecular flexibility index (Phi) is 4.74. The van der Waals surface area contributed by atoms with Gasteiger partial charge in [-0.15, -0.1) is 0 Å². The summed E-state index contributed by atoms with van der Waals surface area (Å²) < 4.78 is 44.3. The second-order valence-corrected chi connectivity index (χ2v) is 7.01. The maximum Gasteiger partial charge on any atom is 0.416 e. The average Bonchev–Trinajstić information content (AvgIpc) is 2.68. The second-order valence-electron chi connectivity index (χ2n) is 6.58. The van der Waals surface area contributed by atoms with Crippen LogP contribution in [0.5, 0.6) is 0 Å². The van der Waals surface area contributed by atoms with Crippen LogP contribution in [0.2, 0.25) is 5.02 Å². The molecule has 0 aliphatic carbocycles. The smallest absolute Gasteiger partial charge is 0.416 e. The number of carbonyl (C=O) groups excluding carboxylic acids is 1. The van der Waals surface area contributed by atoms with Crippen molar-refractivity contribution in [2.45, 2.75) is 13.1 Å². The van der Waals surface area contributed by atoms with Crippen molar-refractivity contribution in [2.75, 3.05) is 5.32 Å². The molecule has 1 amide bonds. The Hall–Kier alpha value is -3.39. The molecule has 152 valence electrons. The number of hydrogen-bond donors (Lipinski definition) is 1. The highest BCUT2D eigenvalue weighted by Gasteiger charge is 2.30. The summed E-state index contributed by atoms with van der Waals surface area (Å²) in [6, 6.07) is 10.1. The number of nitrogens with zero attached hydrogens (tertiary/aromatic N) is 1. The van der Waals surface area contributed by atoms with Crippen LogP contribution in [0, 0.1) is 6.92 Å². The van der Waals surface area contributed by atoms with Crippen molar-refractivity contribution in [3.05, 3.63) is 80.6 Å². The lowest BCUT2D eigenvalue weighted by Crippen LogP contribution is -2.16. The largest absolute Gasteiger partial charge is 0.437 e. The fourth-order valence-corrected chi connectivity index (χ4v) is 3.22. The van der Waals surface area contributed by atoms with Gasteiger partial charge in [0, 0.05) is 10.7 Å². The van der Waals surface area contributed by atoms with Crippen LogP contribution in [0.25, 0.3) is 22.1 Å². The van der Waals surface area contributed by atoms with Crippen LogP contribution in [0.3, 0.4) is 0 Å². The zero-order chi connectivity index (χ0) is 21.6. The van der Waals surface area contributed by atoms with Crippen LogP contribution in [0.15, 0.2) is 57.7 Å². The molecule has 4 rings (SSSR count). The number of hydrogen-bond acceptors (Lipinski definition) is 4. The van der Waals surface area contributed by atoms with E-state index < -0.39 is 23.1 Å². The molecule has 2 heterocycles. The summed E-state index contributed by atoms with van der Waals surface area (Å²) in [6.07, 6.45) is -4.54. The second kappa shape index (κ2) is 7.14. The highest BCUT2D eigenvalue weighted by Crippen LogP contribution is 2.31. The summed E-state index contributed by atoms with van der Waals surface area (Å²) >= 11 is 5.94. The standard InChI is InChI=1S/C21H12ClF3N2O3/c1-10-14(19(29)27-13-4-2-3-11(7-13)21(23,24)25)9-16-18(28)15-8-12(22)5-6-17(15)30-20(16)26-10/h2-9H,1H3,(H,27,29). The molecule has 0 aliphatic rings.